The molecule has 1 amide bonds. The van der Waals surface area contributed by atoms with Gasteiger partial charge in [0.25, 0.3) is 0 Å². The predicted octanol–water partition coefficient (Wildman–Crippen LogP) is 0.997. The highest BCUT2D eigenvalue weighted by Crippen LogP contribution is 2.45. The molecular formula is C12H20N2O. The van der Waals surface area contributed by atoms with E-state index < -0.39 is 0 Å². The molecule has 0 radical (unpaired) electrons. The molecular weight excluding hydrogens is 188 g/mol. The third-order valence-electron chi connectivity index (χ3n) is 4.17. The smallest absolute Gasteiger partial charge is 0.226 e. The molecule has 3 unspecified atom stereocenters. The molecule has 2 saturated heterocycles. The van der Waals surface area contributed by atoms with Gasteiger partial charge in [-0.25, -0.2) is 0 Å². The summed E-state index contributed by atoms with van der Waals surface area (Å²) >= 11 is 0. The van der Waals surface area contributed by atoms with Crippen LogP contribution in [0.25, 0.3) is 0 Å². The summed E-state index contributed by atoms with van der Waals surface area (Å²) in [4.78, 5) is 13.8. The molecule has 1 saturated carbocycles. The number of carbonyl (C=O) groups is 1. The Labute approximate surface area is 91.2 Å². The maximum absolute atomic E-state index is 11.7. The maximum Gasteiger partial charge on any atom is 0.226 e. The molecule has 3 aliphatic rings. The van der Waals surface area contributed by atoms with Crippen molar-refractivity contribution in [1.82, 2.24) is 10.2 Å². The number of hydrogen-bond donors (Lipinski definition) is 1. The number of piperidine rings is 2. The van der Waals surface area contributed by atoms with Gasteiger partial charge in [-0.15, -0.1) is 0 Å². The van der Waals surface area contributed by atoms with Crippen molar-refractivity contribution in [3.05, 3.63) is 0 Å². The molecule has 15 heavy (non-hydrogen) atoms. The van der Waals surface area contributed by atoms with Crippen LogP contribution in [0.15, 0.2) is 0 Å². The van der Waals surface area contributed by atoms with Gasteiger partial charge in [0.1, 0.15) is 0 Å². The van der Waals surface area contributed by atoms with E-state index in [0.29, 0.717) is 17.9 Å². The first-order valence-electron chi connectivity index (χ1n) is 6.37. The zero-order valence-corrected chi connectivity index (χ0v) is 9.24. The van der Waals surface area contributed by atoms with Gasteiger partial charge in [-0.2, -0.15) is 0 Å². The van der Waals surface area contributed by atoms with E-state index in [0.717, 1.165) is 25.4 Å². The monoisotopic (exact) mass is 208 g/mol. The van der Waals surface area contributed by atoms with Gasteiger partial charge in [0.2, 0.25) is 5.91 Å². The van der Waals surface area contributed by atoms with Crippen molar-refractivity contribution < 1.29 is 4.79 Å². The third-order valence-corrected chi connectivity index (χ3v) is 4.17. The van der Waals surface area contributed by atoms with E-state index in [2.05, 4.69) is 10.2 Å². The fourth-order valence-corrected chi connectivity index (χ4v) is 3.04. The van der Waals surface area contributed by atoms with Crippen LogP contribution in [0.1, 0.15) is 32.1 Å². The summed E-state index contributed by atoms with van der Waals surface area (Å²) in [5.74, 6) is 1.61. The zero-order chi connectivity index (χ0) is 10.3. The van der Waals surface area contributed by atoms with E-state index in [-0.39, 0.29) is 0 Å². The second-order valence-corrected chi connectivity index (χ2v) is 5.32. The summed E-state index contributed by atoms with van der Waals surface area (Å²) in [7, 11) is 0. The van der Waals surface area contributed by atoms with E-state index >= 15 is 0 Å². The van der Waals surface area contributed by atoms with E-state index in [1.54, 1.807) is 0 Å². The lowest BCUT2D eigenvalue weighted by Crippen LogP contribution is -2.38. The molecule has 0 spiro atoms. The van der Waals surface area contributed by atoms with E-state index in [9.17, 15) is 4.79 Å². The second kappa shape index (κ2) is 3.78. The van der Waals surface area contributed by atoms with Crippen molar-refractivity contribution in [2.24, 2.45) is 11.8 Å². The first kappa shape index (κ1) is 9.64. The van der Waals surface area contributed by atoms with Crippen molar-refractivity contribution >= 4 is 5.91 Å². The number of nitrogens with zero attached hydrogens (tertiary/aromatic N) is 1. The van der Waals surface area contributed by atoms with Gasteiger partial charge < -0.3 is 10.2 Å². The maximum atomic E-state index is 11.7. The summed E-state index contributed by atoms with van der Waals surface area (Å²) in [6, 6.07) is 0.670. The minimum absolute atomic E-state index is 0.435. The van der Waals surface area contributed by atoms with Crippen LogP contribution in [-0.4, -0.2) is 36.5 Å². The first-order valence-corrected chi connectivity index (χ1v) is 6.37. The van der Waals surface area contributed by atoms with Crippen LogP contribution in [0, 0.1) is 11.8 Å². The Hall–Kier alpha value is -0.570. The lowest BCUT2D eigenvalue weighted by molar-refractivity contribution is -0.130. The van der Waals surface area contributed by atoms with Gasteiger partial charge in [0.15, 0.2) is 0 Å². The quantitative estimate of drug-likeness (QED) is 0.750. The molecule has 1 aliphatic carbocycles. The Balaban J connectivity index is 1.43. The molecule has 1 N–H and O–H groups in total. The number of fused-ring (bicyclic) bond motifs is 1. The highest BCUT2D eigenvalue weighted by atomic mass is 16.2. The van der Waals surface area contributed by atoms with Gasteiger partial charge in [-0.3, -0.25) is 4.79 Å². The zero-order valence-electron chi connectivity index (χ0n) is 9.24. The fraction of sp³-hybridized carbons (Fsp3) is 0.917. The average Bonchev–Trinajstić information content (AvgIpc) is 2.98. The Morgan fingerprint density at radius 2 is 2.33 bits per heavy atom. The van der Waals surface area contributed by atoms with Crippen molar-refractivity contribution in [3.8, 4) is 0 Å². The van der Waals surface area contributed by atoms with Crippen LogP contribution < -0.4 is 5.32 Å². The molecule has 2 heterocycles. The molecule has 3 atom stereocenters. The molecule has 0 bridgehead atoms. The summed E-state index contributed by atoms with van der Waals surface area (Å²) in [5.41, 5.74) is 0. The highest BCUT2D eigenvalue weighted by molar-refractivity contribution is 5.84. The van der Waals surface area contributed by atoms with Crippen LogP contribution in [0.3, 0.4) is 0 Å². The molecule has 0 aromatic heterocycles. The molecule has 3 rings (SSSR count). The van der Waals surface area contributed by atoms with Crippen LogP contribution >= 0.6 is 0 Å². The van der Waals surface area contributed by atoms with E-state index in [4.69, 9.17) is 0 Å². The molecule has 0 aromatic rings. The topological polar surface area (TPSA) is 32.3 Å². The van der Waals surface area contributed by atoms with Gasteiger partial charge in [-0.1, -0.05) is 6.42 Å². The van der Waals surface area contributed by atoms with Crippen molar-refractivity contribution in [1.29, 1.82) is 0 Å². The van der Waals surface area contributed by atoms with Gasteiger partial charge in [-0.05, 0) is 38.1 Å². The van der Waals surface area contributed by atoms with Crippen LogP contribution in [0.4, 0.5) is 0 Å². The Morgan fingerprint density at radius 3 is 3.00 bits per heavy atom. The molecule has 84 valence electrons. The molecule has 3 heteroatoms. The number of rotatable bonds is 3. The average molecular weight is 208 g/mol. The number of carbonyl (C=O) groups excluding carboxylic acids is 1. The summed E-state index contributed by atoms with van der Waals surface area (Å²) < 4.78 is 0. The van der Waals surface area contributed by atoms with Crippen molar-refractivity contribution in [2.45, 2.75) is 38.1 Å². The SMILES string of the molecule is O=C1C2CC2CN1CCC1CCCCN1. The van der Waals surface area contributed by atoms with E-state index in [1.165, 1.54) is 32.2 Å². The van der Waals surface area contributed by atoms with Gasteiger partial charge in [0.05, 0.1) is 0 Å². The van der Waals surface area contributed by atoms with Gasteiger partial charge >= 0.3 is 0 Å². The third kappa shape index (κ3) is 1.89. The summed E-state index contributed by atoms with van der Waals surface area (Å²) in [6.45, 7) is 3.21. The lowest BCUT2D eigenvalue weighted by Gasteiger charge is -2.26. The first-order chi connectivity index (χ1) is 7.34. The minimum atomic E-state index is 0.435. The Morgan fingerprint density at radius 1 is 1.40 bits per heavy atom. The number of amides is 1. The van der Waals surface area contributed by atoms with Gasteiger partial charge in [0, 0.05) is 25.0 Å². The largest absolute Gasteiger partial charge is 0.342 e. The number of likely N-dealkylation sites (tertiary alicyclic amines) is 1. The molecule has 3 nitrogen and oxygen atoms in total. The molecule has 3 fully saturated rings. The lowest BCUT2D eigenvalue weighted by atomic mass is 10.0. The van der Waals surface area contributed by atoms with Crippen molar-refractivity contribution in [3.63, 3.8) is 0 Å². The standard InChI is InChI=1S/C12H20N2O/c15-12-11-7-9(11)8-14(12)6-4-10-3-1-2-5-13-10/h9-11,13H,1-8H2. The summed E-state index contributed by atoms with van der Waals surface area (Å²) in [5, 5.41) is 3.54. The van der Waals surface area contributed by atoms with Crippen LogP contribution in [0.5, 0.6) is 0 Å². The number of nitrogens with one attached hydrogen (secondary N) is 1. The summed E-state index contributed by atoms with van der Waals surface area (Å²) in [6.07, 6.45) is 6.32. The molecule has 0 aromatic carbocycles. The molecule has 2 aliphatic heterocycles. The Kier molecular flexibility index (Phi) is 2.43. The predicted molar refractivity (Wildman–Crippen MR) is 58.4 cm³/mol. The number of hydrogen-bond acceptors (Lipinski definition) is 2. The highest BCUT2D eigenvalue weighted by Gasteiger charge is 2.51. The van der Waals surface area contributed by atoms with Crippen molar-refractivity contribution in [2.75, 3.05) is 19.6 Å². The van der Waals surface area contributed by atoms with E-state index in [1.807, 2.05) is 0 Å². The Bertz CT molecular complexity index is 260. The minimum Gasteiger partial charge on any atom is -0.342 e. The normalized spacial score (nSPS) is 39.3. The van der Waals surface area contributed by atoms with Crippen LogP contribution in [0.2, 0.25) is 0 Å². The second-order valence-electron chi connectivity index (χ2n) is 5.32. The van der Waals surface area contributed by atoms with Crippen LogP contribution in [-0.2, 0) is 4.79 Å². The fourth-order valence-electron chi connectivity index (χ4n) is 3.04.